The van der Waals surface area contributed by atoms with Crippen molar-refractivity contribution >= 4 is 22.5 Å². The third-order valence-electron chi connectivity index (χ3n) is 3.27. The number of fused-ring (bicyclic) bond motifs is 1. The van der Waals surface area contributed by atoms with Crippen molar-refractivity contribution in [1.29, 1.82) is 0 Å². The van der Waals surface area contributed by atoms with E-state index >= 15 is 0 Å². The fourth-order valence-corrected chi connectivity index (χ4v) is 2.44. The van der Waals surface area contributed by atoms with Crippen LogP contribution in [0.4, 0.5) is 4.39 Å². The highest BCUT2D eigenvalue weighted by Gasteiger charge is 2.07. The molecule has 0 atom stereocenters. The summed E-state index contributed by atoms with van der Waals surface area (Å²) in [6.07, 6.45) is 2.25. The molecule has 0 spiro atoms. The summed E-state index contributed by atoms with van der Waals surface area (Å²) in [7, 11) is 0. The molecule has 1 heterocycles. The van der Waals surface area contributed by atoms with Gasteiger partial charge in [-0.3, -0.25) is 4.98 Å². The molecule has 0 saturated heterocycles. The summed E-state index contributed by atoms with van der Waals surface area (Å²) in [5.74, 6) is 0.288. The second-order valence-electron chi connectivity index (χ2n) is 4.63. The van der Waals surface area contributed by atoms with Crippen LogP contribution in [0.15, 0.2) is 54.7 Å². The molecule has 0 amide bonds. The van der Waals surface area contributed by atoms with Crippen molar-refractivity contribution < 1.29 is 9.13 Å². The lowest BCUT2D eigenvalue weighted by atomic mass is 10.1. The molecule has 21 heavy (non-hydrogen) atoms. The summed E-state index contributed by atoms with van der Waals surface area (Å²) < 4.78 is 19.4. The standard InChI is InChI=1S/C17H13ClFNO/c18-14-6-2-1-4-12(14)9-11-21-16-8-10-20-17-13(16)5-3-7-15(17)19/h1-8,10H,9,11H2. The minimum absolute atomic E-state index is 0.327. The van der Waals surface area contributed by atoms with Crippen LogP contribution in [0.3, 0.4) is 0 Å². The van der Waals surface area contributed by atoms with Crippen LogP contribution in [0, 0.1) is 5.82 Å². The first-order chi connectivity index (χ1) is 10.3. The van der Waals surface area contributed by atoms with Crippen molar-refractivity contribution in [3.8, 4) is 5.75 Å². The second-order valence-corrected chi connectivity index (χ2v) is 5.04. The Labute approximate surface area is 127 Å². The van der Waals surface area contributed by atoms with Crippen molar-refractivity contribution in [3.05, 3.63) is 71.1 Å². The number of hydrogen-bond donors (Lipinski definition) is 0. The molecular formula is C17H13ClFNO. The molecule has 1 aromatic heterocycles. The van der Waals surface area contributed by atoms with E-state index in [1.165, 1.54) is 6.07 Å². The van der Waals surface area contributed by atoms with Gasteiger partial charge in [0.2, 0.25) is 0 Å². The van der Waals surface area contributed by atoms with E-state index in [1.807, 2.05) is 24.3 Å². The van der Waals surface area contributed by atoms with Gasteiger partial charge in [0.15, 0.2) is 0 Å². The number of rotatable bonds is 4. The minimum atomic E-state index is -0.343. The van der Waals surface area contributed by atoms with Gasteiger partial charge in [-0.1, -0.05) is 35.9 Å². The molecule has 2 aromatic carbocycles. The highest BCUT2D eigenvalue weighted by Crippen LogP contribution is 2.25. The van der Waals surface area contributed by atoms with Crippen molar-refractivity contribution in [2.75, 3.05) is 6.61 Å². The van der Waals surface area contributed by atoms with Crippen molar-refractivity contribution in [2.45, 2.75) is 6.42 Å². The average molecular weight is 302 g/mol. The van der Waals surface area contributed by atoms with E-state index in [0.29, 0.717) is 29.7 Å². The molecule has 0 aliphatic rings. The molecule has 3 aromatic rings. The number of hydrogen-bond acceptors (Lipinski definition) is 2. The smallest absolute Gasteiger partial charge is 0.149 e. The Kier molecular flexibility index (Phi) is 4.02. The van der Waals surface area contributed by atoms with E-state index < -0.39 is 0 Å². The van der Waals surface area contributed by atoms with Crippen LogP contribution in [0.5, 0.6) is 5.75 Å². The quantitative estimate of drug-likeness (QED) is 0.700. The first-order valence-electron chi connectivity index (χ1n) is 6.65. The molecule has 106 valence electrons. The normalized spacial score (nSPS) is 10.8. The van der Waals surface area contributed by atoms with Gasteiger partial charge in [0.1, 0.15) is 17.1 Å². The van der Waals surface area contributed by atoms with Gasteiger partial charge in [-0.25, -0.2) is 4.39 Å². The molecule has 2 nitrogen and oxygen atoms in total. The van der Waals surface area contributed by atoms with Gasteiger partial charge in [0.05, 0.1) is 6.61 Å². The van der Waals surface area contributed by atoms with Gasteiger partial charge in [-0.05, 0) is 29.8 Å². The van der Waals surface area contributed by atoms with Gasteiger partial charge in [-0.15, -0.1) is 0 Å². The summed E-state index contributed by atoms with van der Waals surface area (Å²) in [6, 6.07) is 14.3. The third-order valence-corrected chi connectivity index (χ3v) is 3.64. The fraction of sp³-hybridized carbons (Fsp3) is 0.118. The van der Waals surface area contributed by atoms with E-state index in [1.54, 1.807) is 24.4 Å². The molecule has 0 aliphatic carbocycles. The van der Waals surface area contributed by atoms with Gasteiger partial charge < -0.3 is 4.74 Å². The van der Waals surface area contributed by atoms with Crippen LogP contribution in [-0.4, -0.2) is 11.6 Å². The summed E-state index contributed by atoms with van der Waals surface area (Å²) in [5, 5.41) is 1.41. The van der Waals surface area contributed by atoms with E-state index in [-0.39, 0.29) is 5.82 Å². The summed E-state index contributed by atoms with van der Waals surface area (Å²) >= 11 is 6.11. The lowest BCUT2D eigenvalue weighted by Crippen LogP contribution is -2.02. The number of ether oxygens (including phenoxy) is 1. The molecule has 0 unspecified atom stereocenters. The molecule has 3 rings (SSSR count). The van der Waals surface area contributed by atoms with Crippen molar-refractivity contribution in [1.82, 2.24) is 4.98 Å². The van der Waals surface area contributed by atoms with Crippen LogP contribution in [0.25, 0.3) is 10.9 Å². The fourth-order valence-electron chi connectivity index (χ4n) is 2.21. The van der Waals surface area contributed by atoms with E-state index in [2.05, 4.69) is 4.98 Å². The van der Waals surface area contributed by atoms with Crippen LogP contribution in [-0.2, 0) is 6.42 Å². The Balaban J connectivity index is 1.77. The maximum atomic E-state index is 13.7. The summed E-state index contributed by atoms with van der Waals surface area (Å²) in [5.41, 5.74) is 1.36. The summed E-state index contributed by atoms with van der Waals surface area (Å²) in [4.78, 5) is 4.05. The molecule has 0 bridgehead atoms. The van der Waals surface area contributed by atoms with Crippen LogP contribution >= 0.6 is 11.6 Å². The zero-order valence-corrected chi connectivity index (χ0v) is 12.0. The molecule has 0 N–H and O–H groups in total. The second kappa shape index (κ2) is 6.10. The van der Waals surface area contributed by atoms with Gasteiger partial charge >= 0.3 is 0 Å². The largest absolute Gasteiger partial charge is 0.492 e. The maximum Gasteiger partial charge on any atom is 0.149 e. The highest BCUT2D eigenvalue weighted by molar-refractivity contribution is 6.31. The molecule has 0 fully saturated rings. The number of pyridine rings is 1. The molecule has 0 aliphatic heterocycles. The van der Waals surface area contributed by atoms with E-state index in [9.17, 15) is 4.39 Å². The average Bonchev–Trinajstić information content (AvgIpc) is 2.50. The minimum Gasteiger partial charge on any atom is -0.492 e. The first-order valence-corrected chi connectivity index (χ1v) is 7.03. The number of nitrogens with zero attached hydrogens (tertiary/aromatic N) is 1. The monoisotopic (exact) mass is 301 g/mol. The molecule has 4 heteroatoms. The van der Waals surface area contributed by atoms with Crippen LogP contribution in [0.2, 0.25) is 5.02 Å². The topological polar surface area (TPSA) is 22.1 Å². The molecular weight excluding hydrogens is 289 g/mol. The lowest BCUT2D eigenvalue weighted by molar-refractivity contribution is 0.325. The number of aromatic nitrogens is 1. The maximum absolute atomic E-state index is 13.7. The number of benzene rings is 2. The van der Waals surface area contributed by atoms with Crippen molar-refractivity contribution in [2.24, 2.45) is 0 Å². The zero-order chi connectivity index (χ0) is 14.7. The zero-order valence-electron chi connectivity index (χ0n) is 11.2. The van der Waals surface area contributed by atoms with Gasteiger partial charge in [0.25, 0.3) is 0 Å². The molecule has 0 saturated carbocycles. The van der Waals surface area contributed by atoms with E-state index in [0.717, 1.165) is 10.6 Å². The Morgan fingerprint density at radius 2 is 1.90 bits per heavy atom. The Bertz CT molecular complexity index is 776. The summed E-state index contributed by atoms with van der Waals surface area (Å²) in [6.45, 7) is 0.472. The first kappa shape index (κ1) is 13.8. The number of halogens is 2. The molecule has 0 radical (unpaired) electrons. The highest BCUT2D eigenvalue weighted by atomic mass is 35.5. The SMILES string of the molecule is Fc1cccc2c(OCCc3ccccc3Cl)ccnc12. The Morgan fingerprint density at radius 1 is 1.05 bits per heavy atom. The Morgan fingerprint density at radius 3 is 2.76 bits per heavy atom. The Hall–Kier alpha value is -2.13. The lowest BCUT2D eigenvalue weighted by Gasteiger charge is -2.10. The van der Waals surface area contributed by atoms with Gasteiger partial charge in [0, 0.05) is 23.0 Å². The number of para-hydroxylation sites is 1. The van der Waals surface area contributed by atoms with Gasteiger partial charge in [-0.2, -0.15) is 0 Å². The van der Waals surface area contributed by atoms with Crippen LogP contribution < -0.4 is 4.74 Å². The van der Waals surface area contributed by atoms with Crippen LogP contribution in [0.1, 0.15) is 5.56 Å². The van der Waals surface area contributed by atoms with E-state index in [4.69, 9.17) is 16.3 Å². The van der Waals surface area contributed by atoms with Crippen molar-refractivity contribution in [3.63, 3.8) is 0 Å². The predicted octanol–water partition coefficient (Wildman–Crippen LogP) is 4.65. The predicted molar refractivity (Wildman–Crippen MR) is 82.4 cm³/mol. The third kappa shape index (κ3) is 2.98.